The minimum atomic E-state index is -4.37. The summed E-state index contributed by atoms with van der Waals surface area (Å²) in [7, 11) is 0. The van der Waals surface area contributed by atoms with Gasteiger partial charge >= 0.3 is 6.18 Å². The monoisotopic (exact) mass is 363 g/mol. The summed E-state index contributed by atoms with van der Waals surface area (Å²) < 4.78 is 39.4. The van der Waals surface area contributed by atoms with E-state index < -0.39 is 11.7 Å². The van der Waals surface area contributed by atoms with Crippen molar-refractivity contribution in [1.29, 1.82) is 0 Å². The van der Waals surface area contributed by atoms with Gasteiger partial charge in [0.2, 0.25) is 0 Å². The van der Waals surface area contributed by atoms with Crippen LogP contribution in [-0.2, 0) is 12.6 Å². The zero-order chi connectivity index (χ0) is 14.8. The highest BCUT2D eigenvalue weighted by molar-refractivity contribution is 9.10. The predicted molar refractivity (Wildman–Crippen MR) is 80.3 cm³/mol. The Hall–Kier alpha value is -1.01. The van der Waals surface area contributed by atoms with Crippen molar-refractivity contribution < 1.29 is 13.2 Å². The van der Waals surface area contributed by atoms with E-state index in [1.54, 1.807) is 17.4 Å². The molecule has 2 rings (SSSR count). The third-order valence-electron chi connectivity index (χ3n) is 2.81. The second-order valence-corrected chi connectivity index (χ2v) is 6.26. The molecule has 0 saturated heterocycles. The lowest BCUT2D eigenvalue weighted by molar-refractivity contribution is -0.137. The number of rotatable bonds is 4. The summed E-state index contributed by atoms with van der Waals surface area (Å²) in [5.74, 6) is 0. The lowest BCUT2D eigenvalue weighted by Gasteiger charge is -2.19. The summed E-state index contributed by atoms with van der Waals surface area (Å²) in [6, 6.07) is 6.06. The van der Waals surface area contributed by atoms with Crippen molar-refractivity contribution in [3.63, 3.8) is 0 Å². The minimum absolute atomic E-state index is 0.0770. The van der Waals surface area contributed by atoms with Crippen LogP contribution in [0.4, 0.5) is 18.9 Å². The second kappa shape index (κ2) is 6.18. The van der Waals surface area contributed by atoms with Crippen molar-refractivity contribution >= 4 is 33.0 Å². The predicted octanol–water partition coefficient (Wildman–Crippen LogP) is 5.57. The molecule has 6 heteroatoms. The van der Waals surface area contributed by atoms with Crippen LogP contribution in [0.2, 0.25) is 0 Å². The van der Waals surface area contributed by atoms with E-state index in [0.717, 1.165) is 11.6 Å². The third kappa shape index (κ3) is 3.99. The number of hydrogen-bond donors (Lipinski definition) is 1. The second-order valence-electron chi connectivity index (χ2n) is 4.57. The quantitative estimate of drug-likeness (QED) is 0.748. The Morgan fingerprint density at radius 3 is 2.65 bits per heavy atom. The molecule has 1 aromatic heterocycles. The first-order valence-corrected chi connectivity index (χ1v) is 7.74. The largest absolute Gasteiger partial charge is 0.418 e. The topological polar surface area (TPSA) is 12.0 Å². The zero-order valence-electron chi connectivity index (χ0n) is 10.7. The van der Waals surface area contributed by atoms with Crippen LogP contribution >= 0.6 is 27.3 Å². The van der Waals surface area contributed by atoms with Gasteiger partial charge in [0.25, 0.3) is 0 Å². The van der Waals surface area contributed by atoms with Gasteiger partial charge in [-0.3, -0.25) is 0 Å². The molecule has 2 aromatic rings. The molecule has 20 heavy (non-hydrogen) atoms. The van der Waals surface area contributed by atoms with Crippen molar-refractivity contribution in [2.45, 2.75) is 25.6 Å². The molecule has 0 aliphatic rings. The Morgan fingerprint density at radius 2 is 2.05 bits per heavy atom. The van der Waals surface area contributed by atoms with Gasteiger partial charge in [-0.2, -0.15) is 24.5 Å². The Kier molecular flexibility index (Phi) is 4.75. The van der Waals surface area contributed by atoms with Gasteiger partial charge in [-0.15, -0.1) is 0 Å². The Bertz CT molecular complexity index is 566. The first kappa shape index (κ1) is 15.4. The van der Waals surface area contributed by atoms with Gasteiger partial charge in [-0.1, -0.05) is 15.9 Å². The van der Waals surface area contributed by atoms with E-state index in [-0.39, 0.29) is 11.7 Å². The third-order valence-corrected chi connectivity index (χ3v) is 4.04. The molecule has 0 amide bonds. The summed E-state index contributed by atoms with van der Waals surface area (Å²) in [6.07, 6.45) is -3.68. The van der Waals surface area contributed by atoms with E-state index in [1.165, 1.54) is 6.07 Å². The maximum atomic E-state index is 13.0. The van der Waals surface area contributed by atoms with Crippen molar-refractivity contribution in [1.82, 2.24) is 0 Å². The maximum absolute atomic E-state index is 13.0. The number of anilines is 1. The average Bonchev–Trinajstić information content (AvgIpc) is 2.82. The van der Waals surface area contributed by atoms with Crippen molar-refractivity contribution in [3.05, 3.63) is 50.6 Å². The van der Waals surface area contributed by atoms with Crippen LogP contribution in [-0.4, -0.2) is 6.04 Å². The average molecular weight is 364 g/mol. The molecule has 0 aliphatic heterocycles. The molecule has 1 atom stereocenters. The first-order valence-electron chi connectivity index (χ1n) is 6.00. The smallest absolute Gasteiger partial charge is 0.382 e. The van der Waals surface area contributed by atoms with Gasteiger partial charge in [0, 0.05) is 16.2 Å². The fourth-order valence-corrected chi connectivity index (χ4v) is 3.00. The lowest BCUT2D eigenvalue weighted by atomic mass is 10.1. The number of halogens is 4. The highest BCUT2D eigenvalue weighted by atomic mass is 79.9. The molecule has 0 fully saturated rings. The molecule has 0 spiro atoms. The maximum Gasteiger partial charge on any atom is 0.418 e. The normalized spacial score (nSPS) is 13.2. The molecular formula is C14H13BrF3NS. The molecular weight excluding hydrogens is 351 g/mol. The standard InChI is InChI=1S/C14H13BrF3NS/c1-9(6-10-4-5-20-8-10)19-13-3-2-11(15)7-12(13)14(16,17)18/h2-5,7-9,19H,6H2,1H3. The molecule has 0 saturated carbocycles. The van der Waals surface area contributed by atoms with Gasteiger partial charge in [-0.25, -0.2) is 0 Å². The molecule has 1 aromatic carbocycles. The molecule has 108 valence electrons. The van der Waals surface area contributed by atoms with Crippen molar-refractivity contribution in [2.75, 3.05) is 5.32 Å². The van der Waals surface area contributed by atoms with Crippen LogP contribution < -0.4 is 5.32 Å². The minimum Gasteiger partial charge on any atom is -0.382 e. The number of hydrogen-bond acceptors (Lipinski definition) is 2. The van der Waals surface area contributed by atoms with Crippen molar-refractivity contribution in [3.8, 4) is 0 Å². The zero-order valence-corrected chi connectivity index (χ0v) is 13.1. The molecule has 1 heterocycles. The summed E-state index contributed by atoms with van der Waals surface area (Å²) in [6.45, 7) is 1.87. The van der Waals surface area contributed by atoms with Crippen LogP contribution in [0.3, 0.4) is 0 Å². The van der Waals surface area contributed by atoms with E-state index in [4.69, 9.17) is 0 Å². The summed E-state index contributed by atoms with van der Waals surface area (Å²) in [4.78, 5) is 0. The van der Waals surface area contributed by atoms with Gasteiger partial charge in [0.05, 0.1) is 5.56 Å². The van der Waals surface area contributed by atoms with E-state index in [1.807, 2.05) is 23.8 Å². The molecule has 1 N–H and O–H groups in total. The van der Waals surface area contributed by atoms with Crippen molar-refractivity contribution in [2.24, 2.45) is 0 Å². The highest BCUT2D eigenvalue weighted by Gasteiger charge is 2.34. The van der Waals surface area contributed by atoms with E-state index in [9.17, 15) is 13.2 Å². The summed E-state index contributed by atoms with van der Waals surface area (Å²) >= 11 is 4.66. The van der Waals surface area contributed by atoms with Gasteiger partial charge in [0.15, 0.2) is 0 Å². The Morgan fingerprint density at radius 1 is 1.30 bits per heavy atom. The van der Waals surface area contributed by atoms with Crippen LogP contribution in [0.5, 0.6) is 0 Å². The Balaban J connectivity index is 2.16. The highest BCUT2D eigenvalue weighted by Crippen LogP contribution is 2.36. The molecule has 1 unspecified atom stereocenters. The summed E-state index contributed by atoms with van der Waals surface area (Å²) in [5, 5.41) is 6.91. The number of nitrogens with one attached hydrogen (secondary N) is 1. The van der Waals surface area contributed by atoms with Gasteiger partial charge in [0.1, 0.15) is 0 Å². The van der Waals surface area contributed by atoms with E-state index in [2.05, 4.69) is 21.2 Å². The number of benzene rings is 1. The molecule has 1 nitrogen and oxygen atoms in total. The van der Waals surface area contributed by atoms with E-state index >= 15 is 0 Å². The molecule has 0 radical (unpaired) electrons. The van der Waals surface area contributed by atoms with E-state index in [0.29, 0.717) is 10.9 Å². The fraction of sp³-hybridized carbons (Fsp3) is 0.286. The van der Waals surface area contributed by atoms with Crippen LogP contribution in [0.15, 0.2) is 39.5 Å². The molecule has 0 aliphatic carbocycles. The van der Waals surface area contributed by atoms with Gasteiger partial charge < -0.3 is 5.32 Å². The number of alkyl halides is 3. The first-order chi connectivity index (χ1) is 9.36. The fourth-order valence-electron chi connectivity index (χ4n) is 1.96. The van der Waals surface area contributed by atoms with Crippen LogP contribution in [0.25, 0.3) is 0 Å². The van der Waals surface area contributed by atoms with Gasteiger partial charge in [-0.05, 0) is 53.9 Å². The summed E-state index contributed by atoms with van der Waals surface area (Å²) in [5.41, 5.74) is 0.591. The lowest BCUT2D eigenvalue weighted by Crippen LogP contribution is -2.20. The Labute approximate surface area is 128 Å². The number of thiophene rings is 1. The van der Waals surface area contributed by atoms with Crippen LogP contribution in [0, 0.1) is 0 Å². The van der Waals surface area contributed by atoms with Crippen LogP contribution in [0.1, 0.15) is 18.1 Å². The molecule has 0 bridgehead atoms. The SMILES string of the molecule is CC(Cc1ccsc1)Nc1ccc(Br)cc1C(F)(F)F.